The van der Waals surface area contributed by atoms with Gasteiger partial charge in [-0.3, -0.25) is 4.79 Å². The van der Waals surface area contributed by atoms with Gasteiger partial charge in [-0.2, -0.15) is 0 Å². The Morgan fingerprint density at radius 3 is 2.56 bits per heavy atom. The Hall–Kier alpha value is -1.30. The molecule has 0 spiro atoms. The van der Waals surface area contributed by atoms with Crippen molar-refractivity contribution in [3.05, 3.63) is 28.8 Å². The van der Waals surface area contributed by atoms with E-state index in [1.807, 2.05) is 23.1 Å². The van der Waals surface area contributed by atoms with Gasteiger partial charge < -0.3 is 20.2 Å². The van der Waals surface area contributed by atoms with Crippen LogP contribution in [0.1, 0.15) is 31.2 Å². The van der Waals surface area contributed by atoms with Gasteiger partial charge in [-0.05, 0) is 49.4 Å². The highest BCUT2D eigenvalue weighted by atomic mass is 35.5. The van der Waals surface area contributed by atoms with Crippen LogP contribution in [-0.4, -0.2) is 65.2 Å². The van der Waals surface area contributed by atoms with Gasteiger partial charge >= 0.3 is 0 Å². The number of hydrogen-bond donors (Lipinski definition) is 2. The highest BCUT2D eigenvalue weighted by Gasteiger charge is 2.34. The zero-order chi connectivity index (χ0) is 17.4. The van der Waals surface area contributed by atoms with Crippen molar-refractivity contribution >= 4 is 23.2 Å². The number of nitrogens with one attached hydrogen (secondary N) is 1. The van der Waals surface area contributed by atoms with Gasteiger partial charge in [-0.25, -0.2) is 0 Å². The zero-order valence-electron chi connectivity index (χ0n) is 14.5. The Morgan fingerprint density at radius 2 is 1.84 bits per heavy atom. The quantitative estimate of drug-likeness (QED) is 0.845. The Bertz CT molecular complexity index is 638. The molecule has 1 aromatic carbocycles. The van der Waals surface area contributed by atoms with E-state index < -0.39 is 0 Å². The SMILES string of the molecule is O=C([C@H]1Cc2cc(Cl)ccc2N1)N1CCC(N2CCC(O)CC2)CC1. The highest BCUT2D eigenvalue weighted by molar-refractivity contribution is 6.30. The number of likely N-dealkylation sites (tertiary alicyclic amines) is 2. The molecule has 0 unspecified atom stereocenters. The molecular weight excluding hydrogens is 338 g/mol. The Labute approximate surface area is 153 Å². The second kappa shape index (κ2) is 7.14. The molecule has 1 atom stereocenters. The minimum atomic E-state index is -0.157. The molecule has 1 amide bonds. The van der Waals surface area contributed by atoms with Crippen molar-refractivity contribution in [2.24, 2.45) is 0 Å². The van der Waals surface area contributed by atoms with Gasteiger partial charge in [0.15, 0.2) is 0 Å². The van der Waals surface area contributed by atoms with Gasteiger partial charge in [0.2, 0.25) is 5.91 Å². The molecule has 2 fully saturated rings. The smallest absolute Gasteiger partial charge is 0.245 e. The first-order chi connectivity index (χ1) is 12.1. The summed E-state index contributed by atoms with van der Waals surface area (Å²) >= 11 is 6.05. The molecular formula is C19H26ClN3O2. The van der Waals surface area contributed by atoms with Crippen LogP contribution in [0.5, 0.6) is 0 Å². The molecule has 0 radical (unpaired) electrons. The normalized spacial score (nSPS) is 25.7. The number of amides is 1. The maximum Gasteiger partial charge on any atom is 0.245 e. The monoisotopic (exact) mass is 363 g/mol. The third kappa shape index (κ3) is 3.64. The molecule has 3 aliphatic heterocycles. The first-order valence-electron chi connectivity index (χ1n) is 9.36. The number of piperidine rings is 2. The third-order valence-electron chi connectivity index (χ3n) is 5.91. The highest BCUT2D eigenvalue weighted by Crippen LogP contribution is 2.30. The number of aliphatic hydroxyl groups excluding tert-OH is 1. The molecule has 0 aliphatic carbocycles. The molecule has 0 bridgehead atoms. The van der Waals surface area contributed by atoms with Crippen molar-refractivity contribution < 1.29 is 9.90 Å². The number of fused-ring (bicyclic) bond motifs is 1. The van der Waals surface area contributed by atoms with Gasteiger partial charge in [0.05, 0.1) is 6.10 Å². The second-order valence-corrected chi connectivity index (χ2v) is 7.96. The number of carbonyl (C=O) groups excluding carboxylic acids is 1. The molecule has 136 valence electrons. The minimum absolute atomic E-state index is 0.124. The largest absolute Gasteiger partial charge is 0.393 e. The standard InChI is InChI=1S/C19H26ClN3O2/c20-14-1-2-17-13(11-14)12-18(21-17)19(25)23-7-3-15(4-8-23)22-9-5-16(24)6-10-22/h1-2,11,15-16,18,21,24H,3-10,12H2/t18-/m1/s1. The van der Waals surface area contributed by atoms with Gasteiger partial charge in [0, 0.05) is 49.4 Å². The van der Waals surface area contributed by atoms with E-state index >= 15 is 0 Å². The van der Waals surface area contributed by atoms with Crippen LogP contribution in [0.3, 0.4) is 0 Å². The zero-order valence-corrected chi connectivity index (χ0v) is 15.2. The van der Waals surface area contributed by atoms with E-state index in [0.29, 0.717) is 6.04 Å². The fourth-order valence-corrected chi connectivity index (χ4v) is 4.60. The number of halogens is 1. The van der Waals surface area contributed by atoms with E-state index in [1.54, 1.807) is 0 Å². The molecule has 0 saturated carbocycles. The molecule has 5 nitrogen and oxygen atoms in total. The predicted octanol–water partition coefficient (Wildman–Crippen LogP) is 2.12. The topological polar surface area (TPSA) is 55.8 Å². The number of hydrogen-bond acceptors (Lipinski definition) is 4. The van der Waals surface area contributed by atoms with Crippen molar-refractivity contribution in [1.29, 1.82) is 0 Å². The lowest BCUT2D eigenvalue weighted by Gasteiger charge is -2.41. The Kier molecular flexibility index (Phi) is 4.89. The number of rotatable bonds is 2. The summed E-state index contributed by atoms with van der Waals surface area (Å²) in [5.74, 6) is 0.208. The van der Waals surface area contributed by atoms with E-state index in [1.165, 1.54) is 0 Å². The van der Waals surface area contributed by atoms with E-state index in [2.05, 4.69) is 10.2 Å². The van der Waals surface area contributed by atoms with Crippen LogP contribution < -0.4 is 5.32 Å². The Balaban J connectivity index is 1.30. The molecule has 0 aromatic heterocycles. The molecule has 25 heavy (non-hydrogen) atoms. The van der Waals surface area contributed by atoms with Crippen molar-refractivity contribution in [3.8, 4) is 0 Å². The van der Waals surface area contributed by atoms with E-state index in [9.17, 15) is 9.90 Å². The molecule has 3 heterocycles. The molecule has 2 saturated heterocycles. The minimum Gasteiger partial charge on any atom is -0.393 e. The summed E-state index contributed by atoms with van der Waals surface area (Å²) in [6, 6.07) is 6.18. The molecule has 1 aromatic rings. The average Bonchev–Trinajstić information content (AvgIpc) is 3.05. The summed E-state index contributed by atoms with van der Waals surface area (Å²) in [7, 11) is 0. The van der Waals surface area contributed by atoms with Crippen LogP contribution in [0.4, 0.5) is 5.69 Å². The molecule has 4 rings (SSSR count). The summed E-state index contributed by atoms with van der Waals surface area (Å²) in [6.45, 7) is 3.63. The summed E-state index contributed by atoms with van der Waals surface area (Å²) < 4.78 is 0. The van der Waals surface area contributed by atoms with Crippen LogP contribution in [0, 0.1) is 0 Å². The van der Waals surface area contributed by atoms with Crippen LogP contribution in [0.2, 0.25) is 5.02 Å². The summed E-state index contributed by atoms with van der Waals surface area (Å²) in [4.78, 5) is 17.4. The number of benzene rings is 1. The van der Waals surface area contributed by atoms with Gasteiger partial charge in [-0.1, -0.05) is 11.6 Å². The third-order valence-corrected chi connectivity index (χ3v) is 6.15. The van der Waals surface area contributed by atoms with Crippen LogP contribution >= 0.6 is 11.6 Å². The fraction of sp³-hybridized carbons (Fsp3) is 0.632. The second-order valence-electron chi connectivity index (χ2n) is 7.53. The van der Waals surface area contributed by atoms with Gasteiger partial charge in [0.25, 0.3) is 0 Å². The first kappa shape index (κ1) is 17.1. The number of anilines is 1. The molecule has 2 N–H and O–H groups in total. The van der Waals surface area contributed by atoms with Crippen molar-refractivity contribution in [2.45, 2.75) is 50.3 Å². The van der Waals surface area contributed by atoms with Gasteiger partial charge in [0.1, 0.15) is 6.04 Å². The van der Waals surface area contributed by atoms with Gasteiger partial charge in [-0.15, -0.1) is 0 Å². The fourth-order valence-electron chi connectivity index (χ4n) is 4.40. The first-order valence-corrected chi connectivity index (χ1v) is 9.74. The van der Waals surface area contributed by atoms with Crippen molar-refractivity contribution in [3.63, 3.8) is 0 Å². The number of nitrogens with zero attached hydrogens (tertiary/aromatic N) is 2. The number of aliphatic hydroxyl groups is 1. The lowest BCUT2D eigenvalue weighted by atomic mass is 9.98. The average molecular weight is 364 g/mol. The van der Waals surface area contributed by atoms with Crippen LogP contribution in [-0.2, 0) is 11.2 Å². The lowest BCUT2D eigenvalue weighted by Crippen LogP contribution is -2.52. The maximum atomic E-state index is 12.9. The lowest BCUT2D eigenvalue weighted by molar-refractivity contribution is -0.133. The van der Waals surface area contributed by atoms with E-state index in [-0.39, 0.29) is 18.1 Å². The number of carbonyl (C=O) groups is 1. The summed E-state index contributed by atoms with van der Waals surface area (Å²) in [5.41, 5.74) is 2.16. The van der Waals surface area contributed by atoms with E-state index in [0.717, 1.165) is 74.6 Å². The molecule has 6 heteroatoms. The van der Waals surface area contributed by atoms with E-state index in [4.69, 9.17) is 11.6 Å². The summed E-state index contributed by atoms with van der Waals surface area (Å²) in [6.07, 6.45) is 4.43. The van der Waals surface area contributed by atoms with Crippen LogP contribution in [0.25, 0.3) is 0 Å². The van der Waals surface area contributed by atoms with Crippen molar-refractivity contribution in [2.75, 3.05) is 31.5 Å². The Morgan fingerprint density at radius 1 is 1.12 bits per heavy atom. The van der Waals surface area contributed by atoms with Crippen LogP contribution in [0.15, 0.2) is 18.2 Å². The van der Waals surface area contributed by atoms with Crippen molar-refractivity contribution in [1.82, 2.24) is 9.80 Å². The maximum absolute atomic E-state index is 12.9. The predicted molar refractivity (Wildman–Crippen MR) is 99.0 cm³/mol. The summed E-state index contributed by atoms with van der Waals surface area (Å²) in [5, 5.41) is 13.7. The molecule has 3 aliphatic rings.